The Labute approximate surface area is 741 Å². The maximum atomic E-state index is 12.7. The van der Waals surface area contributed by atoms with Crippen LogP contribution in [0.25, 0.3) is 88.6 Å². The zero-order valence-corrected chi connectivity index (χ0v) is 73.3. The lowest BCUT2D eigenvalue weighted by Gasteiger charge is -2.19. The molecule has 0 spiro atoms. The van der Waals surface area contributed by atoms with Crippen molar-refractivity contribution in [1.82, 2.24) is 60.7 Å². The predicted octanol–water partition coefficient (Wildman–Crippen LogP) is 23.9. The first-order valence-corrected chi connectivity index (χ1v) is 41.6. The average Bonchev–Trinajstić information content (AvgIpc) is 1.59. The van der Waals surface area contributed by atoms with Crippen molar-refractivity contribution in [1.29, 1.82) is 10.5 Å². The first kappa shape index (κ1) is 87.9. The number of nitrogens with one attached hydrogen (secondary N) is 12. The van der Waals surface area contributed by atoms with Crippen LogP contribution in [0.3, 0.4) is 0 Å². The normalized spacial score (nSPS) is 11.3. The Kier molecular flexibility index (Phi) is 26.2. The minimum absolute atomic E-state index is 0.0797. The zero-order valence-electron chi connectivity index (χ0n) is 73.3. The number of carbonyl (C=O) groups is 4. The van der Waals surface area contributed by atoms with Crippen molar-refractivity contribution in [2.75, 3.05) is 42.5 Å². The Balaban J connectivity index is 0.000000138. The summed E-state index contributed by atoms with van der Waals surface area (Å²) in [7, 11) is 0. The fraction of sp³-hybridized carbons (Fsp3) is 0.176. The summed E-state index contributed by atoms with van der Waals surface area (Å²) < 4.78 is 0. The fourth-order valence-corrected chi connectivity index (χ4v) is 13.8. The van der Waals surface area contributed by atoms with Crippen molar-refractivity contribution in [2.45, 2.75) is 118 Å². The average molecular weight is 1700 g/mol. The number of hydrogen-bond donors (Lipinski definition) is 12. The van der Waals surface area contributed by atoms with Gasteiger partial charge in [0, 0.05) is 111 Å². The number of aromatic nitrogens is 12. The van der Waals surface area contributed by atoms with Gasteiger partial charge in [0.1, 0.15) is 0 Å². The number of aromatic amines is 4. The molecule has 0 aliphatic heterocycles. The van der Waals surface area contributed by atoms with E-state index in [4.69, 9.17) is 30.5 Å². The third kappa shape index (κ3) is 22.5. The summed E-state index contributed by atoms with van der Waals surface area (Å²) in [5.74, 6) is 0. The molecule has 8 aromatic heterocycles. The van der Waals surface area contributed by atoms with E-state index in [1.807, 2.05) is 171 Å². The number of fused-ring (bicyclic) bond motifs is 4. The highest BCUT2D eigenvalue weighted by Crippen LogP contribution is 2.38. The number of carbonyl (C=O) groups excluding carboxylic acids is 4. The number of nitrogens with zero attached hydrogens (tertiary/aromatic N) is 10. The molecule has 8 heterocycles. The number of rotatable bonds is 14. The molecule has 8 amide bonds. The van der Waals surface area contributed by atoms with Gasteiger partial charge in [-0.2, -0.15) is 30.9 Å². The highest BCUT2D eigenvalue weighted by atomic mass is 16.2. The van der Waals surface area contributed by atoms with Crippen LogP contribution in [0.1, 0.15) is 134 Å². The monoisotopic (exact) mass is 1690 g/mol. The van der Waals surface area contributed by atoms with E-state index in [0.717, 1.165) is 146 Å². The second-order valence-electron chi connectivity index (χ2n) is 35.0. The standard InChI is InChI=1S/C30H29N5O.2C24H22N6O.C24H25N5O/c1-30(2,3)27-18-25(26-19-31-35-28(26)34-27)22-12-14-23(15-13-22)32-29(36)33-24-11-7-10-21(17-24)16-20-8-5-4-6-9-20;1-24(2,3)21-12-19(20-14-26-30-22(20)29-21)16-6-10-18(11-7-16)28-23(31)27-17-8-4-15(13-25)5-9-17;1-24(2,3)21-12-19(20-14-26-30-22(20)29-21)16-7-9-17(10-8-16)27-23(31)28-18-6-4-5-15(11-18)13-25;1-15-5-9-17(10-6-15)26-23(30)27-18-11-7-16(8-12-18)19-13-21(24(2,3)4)28-22-20(19)14-25-29-22/h4-15,17-19H,16H2,1-3H3,(H,31,34,35)(H2,32,33,36);2*4-12,14H,1-3H3,(H,26,29,30)(H2,27,28,31);5-14H,1-4H3,(H,25,28,29)(H2,26,27,30). The highest BCUT2D eigenvalue weighted by molar-refractivity contribution is 6.04. The van der Waals surface area contributed by atoms with E-state index in [1.165, 1.54) is 5.56 Å². The maximum absolute atomic E-state index is 12.7. The lowest BCUT2D eigenvalue weighted by molar-refractivity contribution is 0.261. The second kappa shape index (κ2) is 38.1. The largest absolute Gasteiger partial charge is 0.323 e. The second-order valence-corrected chi connectivity index (χ2v) is 35.0. The van der Waals surface area contributed by atoms with Crippen molar-refractivity contribution in [2.24, 2.45) is 0 Å². The Morgan fingerprint density at radius 2 is 0.555 bits per heavy atom. The molecule has 9 aromatic carbocycles. The number of hydrogen-bond acceptors (Lipinski definition) is 14. The van der Waals surface area contributed by atoms with Crippen LogP contribution in [0, 0.1) is 29.6 Å². The minimum Gasteiger partial charge on any atom is -0.308 e. The van der Waals surface area contributed by atoms with Crippen molar-refractivity contribution in [3.05, 3.63) is 324 Å². The summed E-state index contributed by atoms with van der Waals surface area (Å²) in [6.07, 6.45) is 7.97. The van der Waals surface area contributed by atoms with Gasteiger partial charge in [0.2, 0.25) is 0 Å². The molecule has 17 aromatic rings. The Morgan fingerprint density at radius 1 is 0.289 bits per heavy atom. The molecule has 0 bridgehead atoms. The minimum atomic E-state index is -0.376. The van der Waals surface area contributed by atoms with Gasteiger partial charge in [-0.05, 0) is 209 Å². The molecular formula is C102H98N22O4. The predicted molar refractivity (Wildman–Crippen MR) is 512 cm³/mol. The van der Waals surface area contributed by atoms with E-state index >= 15 is 0 Å². The van der Waals surface area contributed by atoms with Gasteiger partial charge in [0.05, 0.1) is 48.1 Å². The number of nitriles is 2. The molecule has 0 aliphatic rings. The number of aryl methyl sites for hydroxylation is 1. The molecule has 12 N–H and O–H groups in total. The van der Waals surface area contributed by atoms with Gasteiger partial charge in [0.15, 0.2) is 22.6 Å². The van der Waals surface area contributed by atoms with Crippen LogP contribution in [0.4, 0.5) is 64.7 Å². The van der Waals surface area contributed by atoms with Crippen molar-refractivity contribution in [3.63, 3.8) is 0 Å². The van der Waals surface area contributed by atoms with Gasteiger partial charge in [-0.1, -0.05) is 198 Å². The van der Waals surface area contributed by atoms with E-state index in [9.17, 15) is 19.2 Å². The quantitative estimate of drug-likeness (QED) is 0.0482. The molecule has 0 fully saturated rings. The summed E-state index contributed by atoms with van der Waals surface area (Å²) >= 11 is 0. The fourth-order valence-electron chi connectivity index (χ4n) is 13.8. The van der Waals surface area contributed by atoms with Gasteiger partial charge in [0.25, 0.3) is 0 Å². The van der Waals surface area contributed by atoms with E-state index < -0.39 is 0 Å². The number of H-pyrrole nitrogens is 4. The van der Waals surface area contributed by atoms with Gasteiger partial charge in [-0.3, -0.25) is 20.4 Å². The smallest absolute Gasteiger partial charge is 0.308 e. The van der Waals surface area contributed by atoms with Crippen LogP contribution >= 0.6 is 0 Å². The summed E-state index contributed by atoms with van der Waals surface area (Å²) in [6.45, 7) is 27.6. The third-order valence-electron chi connectivity index (χ3n) is 20.8. The molecule has 0 radical (unpaired) electrons. The summed E-state index contributed by atoms with van der Waals surface area (Å²) in [6, 6.07) is 81.4. The van der Waals surface area contributed by atoms with E-state index in [1.54, 1.807) is 73.3 Å². The zero-order chi connectivity index (χ0) is 90.4. The molecule has 26 nitrogen and oxygen atoms in total. The number of amides is 8. The molecule has 128 heavy (non-hydrogen) atoms. The lowest BCUT2D eigenvalue weighted by atomic mass is 9.89. The molecule has 640 valence electrons. The van der Waals surface area contributed by atoms with Crippen molar-refractivity contribution < 1.29 is 19.2 Å². The van der Waals surface area contributed by atoms with Gasteiger partial charge < -0.3 is 42.5 Å². The van der Waals surface area contributed by atoms with Crippen LogP contribution in [0.15, 0.2) is 274 Å². The first-order valence-electron chi connectivity index (χ1n) is 41.6. The van der Waals surface area contributed by atoms with Crippen molar-refractivity contribution in [3.8, 4) is 56.6 Å². The molecule has 0 atom stereocenters. The summed E-state index contributed by atoms with van der Waals surface area (Å²) in [4.78, 5) is 68.4. The van der Waals surface area contributed by atoms with E-state index in [-0.39, 0.29) is 45.8 Å². The topological polar surface area (TPSA) is 378 Å². The van der Waals surface area contributed by atoms with Crippen LogP contribution in [-0.4, -0.2) is 84.8 Å². The summed E-state index contributed by atoms with van der Waals surface area (Å²) in [5, 5.41) is 72.9. The lowest BCUT2D eigenvalue weighted by Crippen LogP contribution is -2.19. The van der Waals surface area contributed by atoms with Crippen molar-refractivity contribution >= 4 is 114 Å². The Hall–Kier alpha value is -16.5. The SMILES string of the molecule is CC(C)(C)c1cc(-c2ccc(NC(=O)Nc3ccc(C#N)cc3)cc2)c2cn[nH]c2n1.CC(C)(C)c1cc(-c2ccc(NC(=O)Nc3cccc(C#N)c3)cc2)c2cn[nH]c2n1.CC(C)(C)c1cc(-c2ccc(NC(=O)Nc3cccc(Cc4ccccc4)c3)cc2)c2cn[nH]c2n1.Cc1ccc(NC(=O)Nc2ccc(-c3cc(C(C)(C)C)nc4[nH]ncc34)cc2)cc1. The molecular weight excluding hydrogens is 1600 g/mol. The van der Waals surface area contributed by atoms with Crippen LogP contribution in [-0.2, 0) is 28.1 Å². The highest BCUT2D eigenvalue weighted by Gasteiger charge is 2.25. The molecule has 17 rings (SSSR count). The molecule has 0 saturated heterocycles. The number of urea groups is 4. The third-order valence-corrected chi connectivity index (χ3v) is 20.8. The van der Waals surface area contributed by atoms with Gasteiger partial charge in [-0.25, -0.2) is 39.1 Å². The van der Waals surface area contributed by atoms with Crippen LogP contribution < -0.4 is 42.5 Å². The molecule has 0 saturated carbocycles. The number of anilines is 8. The van der Waals surface area contributed by atoms with Crippen LogP contribution in [0.2, 0.25) is 0 Å². The van der Waals surface area contributed by atoms with Gasteiger partial charge >= 0.3 is 24.1 Å². The Morgan fingerprint density at radius 3 is 0.852 bits per heavy atom. The maximum Gasteiger partial charge on any atom is 0.323 e. The Bertz CT molecular complexity index is 6920. The van der Waals surface area contributed by atoms with E-state index in [2.05, 4.69) is 215 Å². The van der Waals surface area contributed by atoms with Crippen LogP contribution in [0.5, 0.6) is 0 Å². The molecule has 0 aliphatic carbocycles. The van der Waals surface area contributed by atoms with E-state index in [0.29, 0.717) is 39.6 Å². The number of benzene rings is 9. The number of pyridine rings is 4. The molecule has 26 heteroatoms. The first-order chi connectivity index (χ1) is 61.3. The summed E-state index contributed by atoms with van der Waals surface area (Å²) in [5.41, 5.74) is 24.9. The molecule has 0 unspecified atom stereocenters. The van der Waals surface area contributed by atoms with Gasteiger partial charge in [-0.15, -0.1) is 0 Å².